The Balaban J connectivity index is 0.000000970. The Morgan fingerprint density at radius 1 is 1.44 bits per heavy atom. The normalized spacial score (nSPS) is 19.9. The van der Waals surface area contributed by atoms with E-state index >= 15 is 0 Å². The fourth-order valence-electron chi connectivity index (χ4n) is 2.76. The van der Waals surface area contributed by atoms with Crippen molar-refractivity contribution in [2.45, 2.75) is 44.6 Å². The number of carbonyl (C=O) groups excluding carboxylic acids is 1. The van der Waals surface area contributed by atoms with Gasteiger partial charge in [0.25, 0.3) is 6.47 Å². The summed E-state index contributed by atoms with van der Waals surface area (Å²) in [6.07, 6.45) is 1.40. The van der Waals surface area contributed by atoms with E-state index in [0.29, 0.717) is 50.7 Å². The van der Waals surface area contributed by atoms with Crippen molar-refractivity contribution in [1.82, 2.24) is 20.0 Å². The largest absolute Gasteiger partial charge is 0.483 e. The molecule has 1 unspecified atom stereocenters. The minimum absolute atomic E-state index is 0.0268. The van der Waals surface area contributed by atoms with E-state index in [4.69, 9.17) is 14.3 Å². The second kappa shape index (κ2) is 9.47. The molecule has 1 aliphatic rings. The Morgan fingerprint density at radius 2 is 2.08 bits per heavy atom. The predicted molar refractivity (Wildman–Crippen MR) is 90.1 cm³/mol. The summed E-state index contributed by atoms with van der Waals surface area (Å²) in [5.41, 5.74) is -0.797. The van der Waals surface area contributed by atoms with E-state index in [1.165, 1.54) is 0 Å². The first-order valence-corrected chi connectivity index (χ1v) is 8.25. The quantitative estimate of drug-likeness (QED) is 0.701. The second-order valence-corrected chi connectivity index (χ2v) is 6.82. The molecule has 0 saturated carbocycles. The maximum absolute atomic E-state index is 12.2. The molecule has 9 heteroatoms. The number of carboxylic acid groups (broad SMARTS) is 1. The molecule has 1 aromatic heterocycles. The van der Waals surface area contributed by atoms with Crippen LogP contribution in [0.4, 0.5) is 0 Å². The van der Waals surface area contributed by atoms with E-state index in [9.17, 15) is 9.90 Å². The van der Waals surface area contributed by atoms with Crippen molar-refractivity contribution in [2.75, 3.05) is 33.7 Å². The Bertz CT molecular complexity index is 560. The standard InChI is InChI=1S/C15H26N4O3.CH2O2/c1-11(2)14-17-16-12(22-14)5-6-13(20)19-8-7-15(21,10-19)9-18(3)4;2-1-3/h11,21H,5-10H2,1-4H3;1H,(H,2,3). The Labute approximate surface area is 147 Å². The average Bonchev–Trinajstić information content (AvgIpc) is 3.12. The van der Waals surface area contributed by atoms with E-state index in [-0.39, 0.29) is 18.3 Å². The number of hydrogen-bond acceptors (Lipinski definition) is 7. The molecule has 0 spiro atoms. The van der Waals surface area contributed by atoms with Crippen molar-refractivity contribution in [3.8, 4) is 0 Å². The zero-order chi connectivity index (χ0) is 19.0. The van der Waals surface area contributed by atoms with Gasteiger partial charge < -0.3 is 24.4 Å². The van der Waals surface area contributed by atoms with Crippen LogP contribution in [-0.2, 0) is 16.0 Å². The fraction of sp³-hybridized carbons (Fsp3) is 0.750. The highest BCUT2D eigenvalue weighted by molar-refractivity contribution is 5.76. The summed E-state index contributed by atoms with van der Waals surface area (Å²) in [6.45, 7) is 5.28. The first-order chi connectivity index (χ1) is 11.7. The van der Waals surface area contributed by atoms with Crippen LogP contribution in [0.1, 0.15) is 44.4 Å². The number of carbonyl (C=O) groups is 2. The van der Waals surface area contributed by atoms with Crippen molar-refractivity contribution < 1.29 is 24.2 Å². The first kappa shape index (κ1) is 21.0. The van der Waals surface area contributed by atoms with Crippen molar-refractivity contribution >= 4 is 12.4 Å². The Morgan fingerprint density at radius 3 is 2.60 bits per heavy atom. The summed E-state index contributed by atoms with van der Waals surface area (Å²) < 4.78 is 5.50. The fourth-order valence-corrected chi connectivity index (χ4v) is 2.76. The van der Waals surface area contributed by atoms with Crippen LogP contribution in [0, 0.1) is 0 Å². The van der Waals surface area contributed by atoms with E-state index in [1.54, 1.807) is 4.90 Å². The number of aryl methyl sites for hydroxylation is 1. The van der Waals surface area contributed by atoms with Gasteiger partial charge in [0.2, 0.25) is 17.7 Å². The number of rotatable bonds is 6. The van der Waals surface area contributed by atoms with Gasteiger partial charge in [-0.3, -0.25) is 9.59 Å². The zero-order valence-electron chi connectivity index (χ0n) is 15.3. The first-order valence-electron chi connectivity index (χ1n) is 8.25. The molecule has 0 radical (unpaired) electrons. The molecule has 1 atom stereocenters. The van der Waals surface area contributed by atoms with Gasteiger partial charge in [0.1, 0.15) is 0 Å². The van der Waals surface area contributed by atoms with Crippen LogP contribution in [0.2, 0.25) is 0 Å². The average molecular weight is 356 g/mol. The van der Waals surface area contributed by atoms with E-state index in [0.717, 1.165) is 0 Å². The highest BCUT2D eigenvalue weighted by Gasteiger charge is 2.38. The molecular weight excluding hydrogens is 328 g/mol. The van der Waals surface area contributed by atoms with Gasteiger partial charge in [0.05, 0.1) is 12.1 Å². The number of β-amino-alcohol motifs (C(OH)–C–C–N with tert-alkyl or cyclic N) is 1. The maximum Gasteiger partial charge on any atom is 0.290 e. The number of aliphatic hydroxyl groups is 1. The highest BCUT2D eigenvalue weighted by atomic mass is 16.4. The third kappa shape index (κ3) is 6.79. The van der Waals surface area contributed by atoms with Crippen molar-refractivity contribution in [1.29, 1.82) is 0 Å². The lowest BCUT2D eigenvalue weighted by molar-refractivity contribution is -0.131. The summed E-state index contributed by atoms with van der Waals surface area (Å²) >= 11 is 0. The maximum atomic E-state index is 12.2. The molecule has 9 nitrogen and oxygen atoms in total. The molecular formula is C16H28N4O5. The van der Waals surface area contributed by atoms with Gasteiger partial charge in [0, 0.05) is 31.8 Å². The van der Waals surface area contributed by atoms with Gasteiger partial charge in [0.15, 0.2) is 0 Å². The number of likely N-dealkylation sites (N-methyl/N-ethyl adjacent to an activating group) is 1. The molecule has 2 N–H and O–H groups in total. The molecule has 0 aliphatic carbocycles. The molecule has 2 rings (SSSR count). The number of hydrogen-bond donors (Lipinski definition) is 2. The van der Waals surface area contributed by atoms with Gasteiger partial charge in [-0.05, 0) is 20.5 Å². The van der Waals surface area contributed by atoms with Crippen LogP contribution < -0.4 is 0 Å². The van der Waals surface area contributed by atoms with E-state index < -0.39 is 5.60 Å². The molecule has 0 aromatic carbocycles. The van der Waals surface area contributed by atoms with E-state index in [2.05, 4.69) is 10.2 Å². The number of amides is 1. The van der Waals surface area contributed by atoms with Crippen LogP contribution >= 0.6 is 0 Å². The van der Waals surface area contributed by atoms with Crippen molar-refractivity contribution in [3.05, 3.63) is 11.8 Å². The smallest absolute Gasteiger partial charge is 0.290 e. The number of aromatic nitrogens is 2. The lowest BCUT2D eigenvalue weighted by atomic mass is 10.0. The minimum atomic E-state index is -0.797. The summed E-state index contributed by atoms with van der Waals surface area (Å²) in [4.78, 5) is 24.3. The molecule has 1 fully saturated rings. The molecule has 1 aromatic rings. The number of nitrogens with zero attached hydrogens (tertiary/aromatic N) is 4. The lowest BCUT2D eigenvalue weighted by Gasteiger charge is -2.26. The van der Waals surface area contributed by atoms with Gasteiger partial charge in [-0.25, -0.2) is 0 Å². The monoisotopic (exact) mass is 356 g/mol. The summed E-state index contributed by atoms with van der Waals surface area (Å²) in [6, 6.07) is 0. The zero-order valence-corrected chi connectivity index (χ0v) is 15.3. The van der Waals surface area contributed by atoms with Crippen LogP contribution in [0.3, 0.4) is 0 Å². The lowest BCUT2D eigenvalue weighted by Crippen LogP contribution is -2.43. The Hall–Kier alpha value is -2.00. The molecule has 1 amide bonds. The van der Waals surface area contributed by atoms with Gasteiger partial charge >= 0.3 is 0 Å². The molecule has 0 bridgehead atoms. The molecule has 1 saturated heterocycles. The van der Waals surface area contributed by atoms with Crippen molar-refractivity contribution in [3.63, 3.8) is 0 Å². The third-order valence-corrected chi connectivity index (χ3v) is 3.82. The van der Waals surface area contributed by atoms with Crippen LogP contribution in [-0.4, -0.2) is 81.9 Å². The number of likely N-dealkylation sites (tertiary alicyclic amines) is 1. The Kier molecular flexibility index (Phi) is 7.98. The molecule has 142 valence electrons. The molecule has 1 aliphatic heterocycles. The summed E-state index contributed by atoms with van der Waals surface area (Å²) in [5.74, 6) is 1.32. The van der Waals surface area contributed by atoms with Crippen LogP contribution in [0.25, 0.3) is 0 Å². The van der Waals surface area contributed by atoms with E-state index in [1.807, 2.05) is 32.8 Å². The highest BCUT2D eigenvalue weighted by Crippen LogP contribution is 2.23. The summed E-state index contributed by atoms with van der Waals surface area (Å²) in [7, 11) is 3.84. The predicted octanol–water partition coefficient (Wildman–Crippen LogP) is 0.351. The second-order valence-electron chi connectivity index (χ2n) is 6.82. The molecule has 25 heavy (non-hydrogen) atoms. The van der Waals surface area contributed by atoms with Gasteiger partial charge in [-0.2, -0.15) is 0 Å². The topological polar surface area (TPSA) is 120 Å². The summed E-state index contributed by atoms with van der Waals surface area (Å²) in [5, 5.41) is 25.3. The minimum Gasteiger partial charge on any atom is -0.483 e. The van der Waals surface area contributed by atoms with Crippen LogP contribution in [0.15, 0.2) is 4.42 Å². The molecule has 2 heterocycles. The van der Waals surface area contributed by atoms with Crippen LogP contribution in [0.5, 0.6) is 0 Å². The SMILES string of the molecule is CC(C)c1nnc(CCC(=O)N2CCC(O)(CN(C)C)C2)o1.O=CO. The third-order valence-electron chi connectivity index (χ3n) is 3.82. The van der Waals surface area contributed by atoms with Crippen molar-refractivity contribution in [2.24, 2.45) is 0 Å². The van der Waals surface area contributed by atoms with Gasteiger partial charge in [-0.1, -0.05) is 13.8 Å². The van der Waals surface area contributed by atoms with Gasteiger partial charge in [-0.15, -0.1) is 10.2 Å².